The average molecular weight is 471 g/mol. The van der Waals surface area contributed by atoms with Crippen molar-refractivity contribution in [1.82, 2.24) is 0 Å². The SMILES string of the molecule is CC1CCC2(C(=O)O)CCC3(C)C(=CCC4C5(C)CCC(=O)C(C)(C)C5CC(O)C43C)C2C1C. The molecule has 10 atom stereocenters. The highest BCUT2D eigenvalue weighted by Crippen LogP contribution is 2.75. The van der Waals surface area contributed by atoms with E-state index in [9.17, 15) is 19.8 Å². The molecule has 5 aliphatic rings. The summed E-state index contributed by atoms with van der Waals surface area (Å²) in [6.07, 6.45) is 8.35. The Labute approximate surface area is 206 Å². The normalized spacial score (nSPS) is 54.1. The number of carboxylic acids is 1. The fourth-order valence-corrected chi connectivity index (χ4v) is 10.6. The number of ketones is 1. The second-order valence-electron chi connectivity index (χ2n) is 14.3. The highest BCUT2D eigenvalue weighted by Gasteiger charge is 2.71. The van der Waals surface area contributed by atoms with Crippen molar-refractivity contribution in [1.29, 1.82) is 0 Å². The Bertz CT molecular complexity index is 949. The Morgan fingerprint density at radius 3 is 2.32 bits per heavy atom. The van der Waals surface area contributed by atoms with E-state index in [0.717, 1.165) is 32.1 Å². The van der Waals surface area contributed by atoms with E-state index in [1.807, 2.05) is 0 Å². The summed E-state index contributed by atoms with van der Waals surface area (Å²) in [5.41, 5.74) is -0.257. The van der Waals surface area contributed by atoms with Gasteiger partial charge in [0.1, 0.15) is 5.78 Å². The van der Waals surface area contributed by atoms with Crippen molar-refractivity contribution in [2.24, 2.45) is 56.7 Å². The molecule has 5 rings (SSSR count). The Morgan fingerprint density at radius 2 is 1.68 bits per heavy atom. The van der Waals surface area contributed by atoms with Crippen molar-refractivity contribution in [2.75, 3.05) is 0 Å². The molecule has 0 aliphatic heterocycles. The molecule has 0 aromatic heterocycles. The first-order chi connectivity index (χ1) is 15.7. The van der Waals surface area contributed by atoms with Gasteiger partial charge in [-0.3, -0.25) is 9.59 Å². The number of aliphatic hydroxyl groups is 1. The van der Waals surface area contributed by atoms with Crippen LogP contribution in [0.15, 0.2) is 11.6 Å². The zero-order chi connectivity index (χ0) is 25.1. The predicted octanol–water partition coefficient (Wildman–Crippen LogP) is 6.27. The minimum atomic E-state index is -0.661. The third-order valence-corrected chi connectivity index (χ3v) is 13.2. The van der Waals surface area contributed by atoms with Gasteiger partial charge in [0.05, 0.1) is 11.5 Å². The molecule has 0 aromatic rings. The summed E-state index contributed by atoms with van der Waals surface area (Å²) in [6.45, 7) is 15.9. The third-order valence-electron chi connectivity index (χ3n) is 13.2. The van der Waals surface area contributed by atoms with Crippen molar-refractivity contribution in [2.45, 2.75) is 106 Å². The van der Waals surface area contributed by atoms with E-state index in [4.69, 9.17) is 0 Å². The average Bonchev–Trinajstić information content (AvgIpc) is 2.76. The molecule has 4 heteroatoms. The molecule has 0 heterocycles. The second-order valence-corrected chi connectivity index (χ2v) is 14.3. The number of carboxylic acid groups (broad SMARTS) is 1. The Kier molecular flexibility index (Phi) is 5.20. The monoisotopic (exact) mass is 470 g/mol. The number of aliphatic carboxylic acids is 1. The van der Waals surface area contributed by atoms with Crippen LogP contribution in [0, 0.1) is 56.7 Å². The molecule has 0 spiro atoms. The Hall–Kier alpha value is -1.16. The number of aliphatic hydroxyl groups excluding tert-OH is 1. The Balaban J connectivity index is 1.66. The van der Waals surface area contributed by atoms with Crippen LogP contribution in [-0.4, -0.2) is 28.1 Å². The van der Waals surface area contributed by atoms with Gasteiger partial charge >= 0.3 is 5.97 Å². The first kappa shape index (κ1) is 24.5. The molecule has 10 unspecified atom stereocenters. The molecule has 0 radical (unpaired) electrons. The number of carbonyl (C=O) groups excluding carboxylic acids is 1. The molecule has 0 bridgehead atoms. The van der Waals surface area contributed by atoms with Gasteiger partial charge in [0.2, 0.25) is 0 Å². The quantitative estimate of drug-likeness (QED) is 0.443. The van der Waals surface area contributed by atoms with Crippen molar-refractivity contribution in [3.8, 4) is 0 Å². The molecular formula is C30H46O4. The van der Waals surface area contributed by atoms with E-state index in [1.54, 1.807) is 0 Å². The van der Waals surface area contributed by atoms with Gasteiger partial charge in [0.25, 0.3) is 0 Å². The van der Waals surface area contributed by atoms with Gasteiger partial charge in [-0.2, -0.15) is 0 Å². The van der Waals surface area contributed by atoms with Gasteiger partial charge in [-0.05, 0) is 85.4 Å². The van der Waals surface area contributed by atoms with Crippen molar-refractivity contribution in [3.63, 3.8) is 0 Å². The lowest BCUT2D eigenvalue weighted by Crippen LogP contribution is -2.69. The van der Waals surface area contributed by atoms with Crippen LogP contribution >= 0.6 is 0 Å². The molecule has 0 aromatic carbocycles. The molecule has 34 heavy (non-hydrogen) atoms. The highest BCUT2D eigenvalue weighted by molar-refractivity contribution is 5.85. The fourth-order valence-electron chi connectivity index (χ4n) is 10.6. The summed E-state index contributed by atoms with van der Waals surface area (Å²) >= 11 is 0. The van der Waals surface area contributed by atoms with E-state index in [-0.39, 0.29) is 28.1 Å². The first-order valence-corrected chi connectivity index (χ1v) is 13.8. The van der Waals surface area contributed by atoms with Crippen molar-refractivity contribution in [3.05, 3.63) is 11.6 Å². The van der Waals surface area contributed by atoms with E-state index < -0.39 is 22.9 Å². The van der Waals surface area contributed by atoms with Crippen LogP contribution in [-0.2, 0) is 9.59 Å². The highest BCUT2D eigenvalue weighted by atomic mass is 16.4. The van der Waals surface area contributed by atoms with Gasteiger partial charge in [-0.15, -0.1) is 0 Å². The summed E-state index contributed by atoms with van der Waals surface area (Å²) in [4.78, 5) is 25.7. The van der Waals surface area contributed by atoms with Crippen molar-refractivity contribution < 1.29 is 19.8 Å². The van der Waals surface area contributed by atoms with E-state index in [2.05, 4.69) is 54.5 Å². The van der Waals surface area contributed by atoms with Crippen molar-refractivity contribution >= 4 is 11.8 Å². The minimum absolute atomic E-state index is 0.00321. The van der Waals surface area contributed by atoms with Crippen LogP contribution in [0.2, 0.25) is 0 Å². The van der Waals surface area contributed by atoms with E-state index in [1.165, 1.54) is 5.57 Å². The number of carbonyl (C=O) groups is 2. The summed E-state index contributed by atoms with van der Waals surface area (Å²) in [5, 5.41) is 22.5. The number of rotatable bonds is 1. The molecular weight excluding hydrogens is 424 g/mol. The van der Waals surface area contributed by atoms with E-state index in [0.29, 0.717) is 42.8 Å². The molecule has 5 aliphatic carbocycles. The molecule has 190 valence electrons. The molecule has 2 N–H and O–H groups in total. The van der Waals surface area contributed by atoms with Gasteiger partial charge in [0.15, 0.2) is 0 Å². The van der Waals surface area contributed by atoms with Gasteiger partial charge in [-0.1, -0.05) is 60.1 Å². The standard InChI is InChI=1S/C30H46O4/c1-17-10-13-30(25(33)34)15-14-28(6)19(24(30)18(17)2)8-9-20-27(5)12-11-22(31)26(3,4)21(27)16-23(32)29(20,28)7/h8,17-18,20-21,23-24,32H,9-16H2,1-7H3,(H,33,34). The topological polar surface area (TPSA) is 74.6 Å². The first-order valence-electron chi connectivity index (χ1n) is 13.8. The lowest BCUT2D eigenvalue weighted by atomic mass is 9.33. The molecule has 0 amide bonds. The number of hydrogen-bond donors (Lipinski definition) is 2. The number of hydrogen-bond acceptors (Lipinski definition) is 3. The van der Waals surface area contributed by atoms with E-state index >= 15 is 0 Å². The predicted molar refractivity (Wildman–Crippen MR) is 133 cm³/mol. The van der Waals surface area contributed by atoms with Gasteiger partial charge < -0.3 is 10.2 Å². The zero-order valence-corrected chi connectivity index (χ0v) is 22.4. The van der Waals surface area contributed by atoms with Gasteiger partial charge in [-0.25, -0.2) is 0 Å². The van der Waals surface area contributed by atoms with Gasteiger partial charge in [0, 0.05) is 17.3 Å². The molecule has 4 nitrogen and oxygen atoms in total. The van der Waals surface area contributed by atoms with Crippen LogP contribution in [0.25, 0.3) is 0 Å². The lowest BCUT2D eigenvalue weighted by Gasteiger charge is -2.71. The summed E-state index contributed by atoms with van der Waals surface area (Å²) in [7, 11) is 0. The maximum absolute atomic E-state index is 12.9. The smallest absolute Gasteiger partial charge is 0.310 e. The number of allylic oxidation sites excluding steroid dienone is 2. The van der Waals surface area contributed by atoms with Crippen LogP contribution in [0.5, 0.6) is 0 Å². The Morgan fingerprint density at radius 1 is 1.00 bits per heavy atom. The molecule has 4 saturated carbocycles. The summed E-state index contributed by atoms with van der Waals surface area (Å²) < 4.78 is 0. The fraction of sp³-hybridized carbons (Fsp3) is 0.867. The number of Topliss-reactive ketones (excluding diaryl/α,β-unsaturated/α-hetero) is 1. The minimum Gasteiger partial charge on any atom is -0.481 e. The van der Waals surface area contributed by atoms with Crippen LogP contribution in [0.3, 0.4) is 0 Å². The largest absolute Gasteiger partial charge is 0.481 e. The van der Waals surface area contributed by atoms with Crippen LogP contribution < -0.4 is 0 Å². The third kappa shape index (κ3) is 2.65. The van der Waals surface area contributed by atoms with Crippen LogP contribution in [0.4, 0.5) is 0 Å². The summed E-state index contributed by atoms with van der Waals surface area (Å²) in [6, 6.07) is 0. The number of fused-ring (bicyclic) bond motifs is 7. The van der Waals surface area contributed by atoms with Crippen LogP contribution in [0.1, 0.15) is 99.8 Å². The zero-order valence-electron chi connectivity index (χ0n) is 22.4. The maximum atomic E-state index is 12.9. The summed E-state index contributed by atoms with van der Waals surface area (Å²) in [5.74, 6) is 1.09. The maximum Gasteiger partial charge on any atom is 0.310 e. The second kappa shape index (κ2) is 7.20. The molecule has 4 fully saturated rings. The lowest BCUT2D eigenvalue weighted by molar-refractivity contribution is -0.228. The molecule has 0 saturated heterocycles.